The van der Waals surface area contributed by atoms with Gasteiger partial charge in [0.1, 0.15) is 5.56 Å². The standard InChI is InChI=1S/C18H13N3O3/c1-24-18(23)14-12-9-5-6-10-13(12)17(22)21-16(14)19-15(20-21)11-7-3-2-4-8-11/h2-10H,1H3,(H,19,20). The van der Waals surface area contributed by atoms with Gasteiger partial charge in [-0.15, -0.1) is 0 Å². The van der Waals surface area contributed by atoms with Crippen LogP contribution in [-0.4, -0.2) is 27.7 Å². The zero-order valence-electron chi connectivity index (χ0n) is 12.8. The van der Waals surface area contributed by atoms with Crippen molar-refractivity contribution in [3.63, 3.8) is 0 Å². The molecule has 4 aromatic rings. The van der Waals surface area contributed by atoms with Crippen molar-refractivity contribution in [3.8, 4) is 11.4 Å². The van der Waals surface area contributed by atoms with E-state index < -0.39 is 5.97 Å². The molecule has 6 nitrogen and oxygen atoms in total. The average Bonchev–Trinajstić information content (AvgIpc) is 3.08. The highest BCUT2D eigenvalue weighted by atomic mass is 16.5. The maximum absolute atomic E-state index is 12.7. The number of aromatic nitrogens is 3. The maximum atomic E-state index is 12.7. The van der Waals surface area contributed by atoms with Crippen molar-refractivity contribution in [2.75, 3.05) is 7.11 Å². The summed E-state index contributed by atoms with van der Waals surface area (Å²) >= 11 is 0. The highest BCUT2D eigenvalue weighted by Crippen LogP contribution is 2.23. The lowest BCUT2D eigenvalue weighted by atomic mass is 10.1. The van der Waals surface area contributed by atoms with Crippen LogP contribution in [0, 0.1) is 0 Å². The normalized spacial score (nSPS) is 11.0. The minimum atomic E-state index is -0.533. The Hall–Kier alpha value is -3.41. The van der Waals surface area contributed by atoms with E-state index in [4.69, 9.17) is 4.74 Å². The Morgan fingerprint density at radius 1 is 1.04 bits per heavy atom. The smallest absolute Gasteiger partial charge is 0.342 e. The molecule has 24 heavy (non-hydrogen) atoms. The fourth-order valence-corrected chi connectivity index (χ4v) is 2.81. The number of pyridine rings is 1. The number of hydrogen-bond acceptors (Lipinski definition) is 4. The number of ether oxygens (including phenoxy) is 1. The van der Waals surface area contributed by atoms with Gasteiger partial charge in [-0.1, -0.05) is 48.5 Å². The molecule has 0 radical (unpaired) electrons. The third-order valence-electron chi connectivity index (χ3n) is 3.94. The fraction of sp³-hybridized carbons (Fsp3) is 0.0556. The van der Waals surface area contributed by atoms with Crippen LogP contribution >= 0.6 is 0 Å². The number of carbonyl (C=O) groups excluding carboxylic acids is 1. The van der Waals surface area contributed by atoms with E-state index in [2.05, 4.69) is 10.1 Å². The first kappa shape index (κ1) is 14.2. The molecule has 4 rings (SSSR count). The predicted molar refractivity (Wildman–Crippen MR) is 90.1 cm³/mol. The number of benzene rings is 2. The van der Waals surface area contributed by atoms with Gasteiger partial charge in [0, 0.05) is 16.3 Å². The van der Waals surface area contributed by atoms with Gasteiger partial charge in [0.2, 0.25) is 0 Å². The summed E-state index contributed by atoms with van der Waals surface area (Å²) in [7, 11) is 1.31. The Kier molecular flexibility index (Phi) is 3.16. The van der Waals surface area contributed by atoms with Crippen molar-refractivity contribution in [2.45, 2.75) is 0 Å². The van der Waals surface area contributed by atoms with E-state index in [1.165, 1.54) is 11.6 Å². The van der Waals surface area contributed by atoms with Gasteiger partial charge in [0.15, 0.2) is 11.5 Å². The quantitative estimate of drug-likeness (QED) is 0.576. The number of hydrogen-bond donors (Lipinski definition) is 1. The van der Waals surface area contributed by atoms with E-state index in [0.29, 0.717) is 16.6 Å². The number of aromatic amines is 1. The van der Waals surface area contributed by atoms with Crippen LogP contribution in [0.15, 0.2) is 59.4 Å². The second kappa shape index (κ2) is 5.34. The first-order valence-corrected chi connectivity index (χ1v) is 7.38. The van der Waals surface area contributed by atoms with Gasteiger partial charge in [-0.25, -0.2) is 9.78 Å². The minimum absolute atomic E-state index is 0.254. The molecule has 0 fully saturated rings. The van der Waals surface area contributed by atoms with Crippen molar-refractivity contribution in [2.24, 2.45) is 0 Å². The zero-order valence-corrected chi connectivity index (χ0v) is 12.8. The first-order chi connectivity index (χ1) is 11.7. The molecule has 0 unspecified atom stereocenters. The molecule has 0 saturated carbocycles. The van der Waals surface area contributed by atoms with Crippen LogP contribution in [0.1, 0.15) is 10.4 Å². The lowest BCUT2D eigenvalue weighted by Gasteiger charge is -2.05. The Morgan fingerprint density at radius 2 is 1.71 bits per heavy atom. The van der Waals surface area contributed by atoms with Crippen LogP contribution in [0.5, 0.6) is 0 Å². The van der Waals surface area contributed by atoms with Crippen molar-refractivity contribution >= 4 is 22.4 Å². The third kappa shape index (κ3) is 2.00. The Bertz CT molecular complexity index is 1130. The van der Waals surface area contributed by atoms with Crippen LogP contribution < -0.4 is 5.56 Å². The van der Waals surface area contributed by atoms with Gasteiger partial charge in [0.25, 0.3) is 5.56 Å². The van der Waals surface area contributed by atoms with E-state index in [1.807, 2.05) is 30.3 Å². The van der Waals surface area contributed by atoms with E-state index in [1.54, 1.807) is 24.3 Å². The largest absolute Gasteiger partial charge is 0.465 e. The molecular formula is C18H13N3O3. The molecule has 2 aromatic heterocycles. The summed E-state index contributed by atoms with van der Waals surface area (Å²) < 4.78 is 6.19. The second-order valence-electron chi connectivity index (χ2n) is 5.31. The molecule has 0 aliphatic carbocycles. The van der Waals surface area contributed by atoms with Crippen molar-refractivity contribution < 1.29 is 9.53 Å². The first-order valence-electron chi connectivity index (χ1n) is 7.38. The van der Waals surface area contributed by atoms with Crippen LogP contribution in [0.2, 0.25) is 0 Å². The molecule has 0 aliphatic rings. The summed E-state index contributed by atoms with van der Waals surface area (Å²) in [5, 5.41) is 3.93. The summed E-state index contributed by atoms with van der Waals surface area (Å²) in [5.41, 5.74) is 1.08. The van der Waals surface area contributed by atoms with Crippen LogP contribution in [-0.2, 0) is 4.74 Å². The van der Waals surface area contributed by atoms with Gasteiger partial charge in [-0.05, 0) is 6.07 Å². The number of nitrogens with zero attached hydrogens (tertiary/aromatic N) is 2. The molecule has 2 heterocycles. The molecule has 0 saturated heterocycles. The Morgan fingerprint density at radius 3 is 2.42 bits per heavy atom. The minimum Gasteiger partial charge on any atom is -0.465 e. The van der Waals surface area contributed by atoms with Crippen molar-refractivity contribution in [1.29, 1.82) is 0 Å². The highest BCUT2D eigenvalue weighted by Gasteiger charge is 2.21. The third-order valence-corrected chi connectivity index (χ3v) is 3.94. The molecule has 0 spiro atoms. The summed E-state index contributed by atoms with van der Waals surface area (Å²) in [6.07, 6.45) is 0. The number of nitrogens with one attached hydrogen (secondary N) is 1. The maximum Gasteiger partial charge on any atom is 0.342 e. The number of methoxy groups -OCH3 is 1. The molecular weight excluding hydrogens is 306 g/mol. The molecule has 2 aromatic carbocycles. The van der Waals surface area contributed by atoms with E-state index >= 15 is 0 Å². The van der Waals surface area contributed by atoms with E-state index in [9.17, 15) is 9.59 Å². The van der Waals surface area contributed by atoms with Gasteiger partial charge >= 0.3 is 5.97 Å². The van der Waals surface area contributed by atoms with E-state index in [0.717, 1.165) is 5.56 Å². The Labute approximate surface area is 136 Å². The molecule has 0 atom stereocenters. The molecule has 0 bridgehead atoms. The topological polar surface area (TPSA) is 76.5 Å². The fourth-order valence-electron chi connectivity index (χ4n) is 2.81. The monoisotopic (exact) mass is 319 g/mol. The molecule has 0 amide bonds. The summed E-state index contributed by atoms with van der Waals surface area (Å²) in [5.74, 6) is -0.0250. The van der Waals surface area contributed by atoms with Gasteiger partial charge in [-0.3, -0.25) is 9.89 Å². The van der Waals surface area contributed by atoms with Gasteiger partial charge in [-0.2, -0.15) is 4.52 Å². The number of fused-ring (bicyclic) bond motifs is 2. The highest BCUT2D eigenvalue weighted by molar-refractivity contribution is 6.09. The number of carbonyl (C=O) groups is 1. The lowest BCUT2D eigenvalue weighted by molar-refractivity contribution is 0.0604. The average molecular weight is 319 g/mol. The van der Waals surface area contributed by atoms with Crippen molar-refractivity contribution in [1.82, 2.24) is 14.6 Å². The zero-order chi connectivity index (χ0) is 16.7. The number of H-pyrrole nitrogens is 1. The molecule has 1 N–H and O–H groups in total. The predicted octanol–water partition coefficient (Wildman–Crippen LogP) is 2.63. The van der Waals surface area contributed by atoms with Gasteiger partial charge < -0.3 is 4.74 Å². The van der Waals surface area contributed by atoms with E-state index in [-0.39, 0.29) is 16.8 Å². The van der Waals surface area contributed by atoms with Crippen molar-refractivity contribution in [3.05, 3.63) is 70.5 Å². The van der Waals surface area contributed by atoms with Crippen LogP contribution in [0.3, 0.4) is 0 Å². The summed E-state index contributed by atoms with van der Waals surface area (Å²) in [4.78, 5) is 29.5. The van der Waals surface area contributed by atoms with Crippen LogP contribution in [0.25, 0.3) is 27.8 Å². The number of esters is 1. The Balaban J connectivity index is 2.15. The lowest BCUT2D eigenvalue weighted by Crippen LogP contribution is -2.18. The SMILES string of the molecule is COC(=O)c1c2ccccc2c(=O)n2[nH]c(-c3ccccc3)nc12. The summed E-state index contributed by atoms with van der Waals surface area (Å²) in [6.45, 7) is 0. The summed E-state index contributed by atoms with van der Waals surface area (Å²) in [6, 6.07) is 16.3. The molecule has 6 heteroatoms. The second-order valence-corrected chi connectivity index (χ2v) is 5.31. The number of rotatable bonds is 2. The van der Waals surface area contributed by atoms with Gasteiger partial charge in [0.05, 0.1) is 7.11 Å². The molecule has 0 aliphatic heterocycles. The molecule has 118 valence electrons. The van der Waals surface area contributed by atoms with Crippen LogP contribution in [0.4, 0.5) is 0 Å².